The van der Waals surface area contributed by atoms with E-state index in [0.29, 0.717) is 47.9 Å². The second-order valence-corrected chi connectivity index (χ2v) is 14.3. The molecular formula is C38H48N8O10S. The van der Waals surface area contributed by atoms with E-state index in [-0.39, 0.29) is 50.8 Å². The van der Waals surface area contributed by atoms with E-state index in [1.165, 1.54) is 6.20 Å². The Hall–Kier alpha value is -5.47. The fraction of sp³-hybridized carbons (Fsp3) is 0.421. The molecule has 2 bridgehead atoms. The molecule has 0 aliphatic carbocycles. The largest absolute Gasteiger partial charge is 0.494 e. The first-order valence-electron chi connectivity index (χ1n) is 18.4. The Morgan fingerprint density at radius 2 is 1.79 bits per heavy atom. The van der Waals surface area contributed by atoms with Gasteiger partial charge in [0.05, 0.1) is 43.2 Å². The van der Waals surface area contributed by atoms with E-state index in [9.17, 15) is 29.2 Å². The number of ether oxygens (including phenoxy) is 1. The van der Waals surface area contributed by atoms with Gasteiger partial charge in [0.25, 0.3) is 5.91 Å². The van der Waals surface area contributed by atoms with Crippen molar-refractivity contribution in [1.29, 1.82) is 0 Å². The number of rotatable bonds is 17. The second-order valence-electron chi connectivity index (χ2n) is 13.5. The maximum atomic E-state index is 13.7. The average molecular weight is 809 g/mol. The molecule has 57 heavy (non-hydrogen) atoms. The minimum atomic E-state index is -1.06. The molecule has 18 nitrogen and oxygen atoms in total. The molecule has 2 aliphatic heterocycles. The number of hydrogen-bond donors (Lipinski definition) is 7. The van der Waals surface area contributed by atoms with Gasteiger partial charge < -0.3 is 26.0 Å². The predicted octanol–water partition coefficient (Wildman–Crippen LogP) is 3.83. The monoisotopic (exact) mass is 808 g/mol. The number of benzene rings is 2. The number of pyridine rings is 1. The fourth-order valence-corrected chi connectivity index (χ4v) is 6.48. The van der Waals surface area contributed by atoms with Gasteiger partial charge in [-0.2, -0.15) is 5.11 Å². The van der Waals surface area contributed by atoms with Crippen molar-refractivity contribution in [2.75, 3.05) is 26.2 Å². The highest BCUT2D eigenvalue weighted by atomic mass is 32.2. The minimum absolute atomic E-state index is 0.0330. The summed E-state index contributed by atoms with van der Waals surface area (Å²) in [6.07, 6.45) is 2.94. The molecule has 7 N–H and O–H groups in total. The van der Waals surface area contributed by atoms with Crippen molar-refractivity contribution in [3.8, 4) is 5.75 Å². The predicted molar refractivity (Wildman–Crippen MR) is 206 cm³/mol. The molecule has 3 aromatic rings. The smallest absolute Gasteiger partial charge is 0.252 e. The zero-order chi connectivity index (χ0) is 41.0. The molecule has 0 spiro atoms. The molecule has 3 heterocycles. The Labute approximate surface area is 334 Å². The lowest BCUT2D eigenvalue weighted by Crippen LogP contribution is -2.53. The number of nitrogens with one attached hydrogen (secondary N) is 5. The third kappa shape index (κ3) is 14.8. The van der Waals surface area contributed by atoms with Crippen molar-refractivity contribution < 1.29 is 48.5 Å². The summed E-state index contributed by atoms with van der Waals surface area (Å²) >= 11 is 0.823. The van der Waals surface area contributed by atoms with Crippen molar-refractivity contribution in [3.05, 3.63) is 83.6 Å². The molecule has 5 rings (SSSR count). The number of hydrogen-bond acceptors (Lipinski definition) is 14. The SMILES string of the molecule is CC(C)C[C@H]1C(=O)N[C@H](C(=O)NCC(=O)NCCCNC(=O)c2ccc(N=NCc3ccccc3SOOO)nc2)Cc2ccc(cc2)OCCC[C@@H]1C(=O)NO. The van der Waals surface area contributed by atoms with Gasteiger partial charge in [-0.3, -0.25) is 29.2 Å². The number of aromatic nitrogens is 1. The molecule has 5 amide bonds. The van der Waals surface area contributed by atoms with Gasteiger partial charge >= 0.3 is 0 Å². The first-order chi connectivity index (χ1) is 27.6. The molecule has 0 saturated heterocycles. The molecular weight excluding hydrogens is 761 g/mol. The van der Waals surface area contributed by atoms with Gasteiger partial charge in [-0.25, -0.2) is 15.7 Å². The summed E-state index contributed by atoms with van der Waals surface area (Å²) in [5.74, 6) is -3.37. The number of azo groups is 1. The summed E-state index contributed by atoms with van der Waals surface area (Å²) in [5, 5.41) is 40.6. The normalized spacial score (nSPS) is 17.3. The zero-order valence-electron chi connectivity index (χ0n) is 31.6. The molecule has 2 aromatic carbocycles. The third-order valence-corrected chi connectivity index (χ3v) is 9.56. The molecule has 19 heteroatoms. The van der Waals surface area contributed by atoms with Crippen LogP contribution in [0.5, 0.6) is 5.75 Å². The Balaban J connectivity index is 1.23. The lowest BCUT2D eigenvalue weighted by molar-refractivity contribution is -0.432. The number of amides is 5. The number of fused-ring (bicyclic) bond motifs is 11. The topological polar surface area (TPSA) is 251 Å². The lowest BCUT2D eigenvalue weighted by Gasteiger charge is -2.28. The van der Waals surface area contributed by atoms with Gasteiger partial charge in [0.15, 0.2) is 5.82 Å². The second kappa shape index (κ2) is 23.6. The summed E-state index contributed by atoms with van der Waals surface area (Å²) in [6, 6.07) is 16.3. The molecule has 0 saturated carbocycles. The van der Waals surface area contributed by atoms with Crippen LogP contribution in [-0.2, 0) is 41.5 Å². The van der Waals surface area contributed by atoms with Crippen molar-refractivity contribution in [1.82, 2.24) is 31.7 Å². The Kier molecular flexibility index (Phi) is 18.3. The summed E-state index contributed by atoms with van der Waals surface area (Å²) in [5.41, 5.74) is 3.51. The van der Waals surface area contributed by atoms with Crippen LogP contribution in [0.25, 0.3) is 0 Å². The number of hydroxylamine groups is 1. The van der Waals surface area contributed by atoms with Crippen LogP contribution in [-0.4, -0.2) is 77.3 Å². The van der Waals surface area contributed by atoms with E-state index in [1.807, 2.05) is 26.0 Å². The molecule has 3 atom stereocenters. The van der Waals surface area contributed by atoms with Crippen LogP contribution in [0.4, 0.5) is 5.82 Å². The highest BCUT2D eigenvalue weighted by Gasteiger charge is 2.36. The molecule has 0 unspecified atom stereocenters. The van der Waals surface area contributed by atoms with E-state index in [4.69, 9.17) is 9.99 Å². The summed E-state index contributed by atoms with van der Waals surface area (Å²) < 4.78 is 10.3. The number of carbonyl (C=O) groups excluding carboxylic acids is 5. The molecule has 0 radical (unpaired) electrons. The first kappa shape index (κ1) is 44.2. The average Bonchev–Trinajstić information content (AvgIpc) is 3.21. The van der Waals surface area contributed by atoms with Crippen LogP contribution in [0.15, 0.2) is 82.0 Å². The maximum absolute atomic E-state index is 13.7. The third-order valence-electron chi connectivity index (χ3n) is 8.85. The van der Waals surface area contributed by atoms with Gasteiger partial charge in [0, 0.05) is 36.5 Å². The summed E-state index contributed by atoms with van der Waals surface area (Å²) in [6.45, 7) is 4.46. The Bertz CT molecular complexity index is 1810. The van der Waals surface area contributed by atoms with Crippen LogP contribution in [0.1, 0.15) is 61.0 Å². The summed E-state index contributed by atoms with van der Waals surface area (Å²) in [4.78, 5) is 69.9. The highest BCUT2D eigenvalue weighted by Crippen LogP contribution is 2.27. The molecule has 0 fully saturated rings. The highest BCUT2D eigenvalue weighted by molar-refractivity contribution is 7.94. The van der Waals surface area contributed by atoms with Gasteiger partial charge in [0.1, 0.15) is 11.8 Å². The number of carbonyl (C=O) groups is 5. The van der Waals surface area contributed by atoms with Crippen molar-refractivity contribution in [2.24, 2.45) is 28.0 Å². The first-order valence-corrected chi connectivity index (χ1v) is 19.2. The van der Waals surface area contributed by atoms with Gasteiger partial charge in [-0.15, -0.1) is 9.45 Å². The van der Waals surface area contributed by atoms with E-state index < -0.39 is 41.5 Å². The quantitative estimate of drug-likeness (QED) is 0.0257. The van der Waals surface area contributed by atoms with Gasteiger partial charge in [-0.05, 0) is 73.1 Å². The van der Waals surface area contributed by atoms with Gasteiger partial charge in [-0.1, -0.05) is 49.2 Å². The van der Waals surface area contributed by atoms with Crippen LogP contribution in [0.3, 0.4) is 0 Å². The van der Waals surface area contributed by atoms with Gasteiger partial charge in [0.2, 0.25) is 23.6 Å². The molecule has 2 aliphatic rings. The molecule has 1 aromatic heterocycles. The van der Waals surface area contributed by atoms with E-state index in [2.05, 4.69) is 45.9 Å². The van der Waals surface area contributed by atoms with Crippen LogP contribution >= 0.6 is 12.0 Å². The summed E-state index contributed by atoms with van der Waals surface area (Å²) in [7, 11) is 0. The van der Waals surface area contributed by atoms with E-state index in [0.717, 1.165) is 23.2 Å². The lowest BCUT2D eigenvalue weighted by atomic mass is 9.81. The molecule has 306 valence electrons. The van der Waals surface area contributed by atoms with Crippen molar-refractivity contribution >= 4 is 47.4 Å². The zero-order valence-corrected chi connectivity index (χ0v) is 32.5. The maximum Gasteiger partial charge on any atom is 0.252 e. The number of nitrogens with zero attached hydrogens (tertiary/aromatic N) is 3. The fourth-order valence-electron chi connectivity index (χ4n) is 6.00. The van der Waals surface area contributed by atoms with E-state index in [1.54, 1.807) is 54.0 Å². The van der Waals surface area contributed by atoms with Crippen LogP contribution in [0, 0.1) is 17.8 Å². The van der Waals surface area contributed by atoms with Crippen molar-refractivity contribution in [3.63, 3.8) is 0 Å². The Morgan fingerprint density at radius 3 is 2.51 bits per heavy atom. The minimum Gasteiger partial charge on any atom is -0.494 e. The van der Waals surface area contributed by atoms with E-state index >= 15 is 0 Å². The van der Waals surface area contributed by atoms with Crippen LogP contribution < -0.4 is 31.5 Å². The van der Waals surface area contributed by atoms with Crippen LogP contribution in [0.2, 0.25) is 0 Å². The standard InChI is InChI=1S/C38H48N8O10S/c1-24(2)19-30-29(37(50)46-52)8-5-18-54-28-13-10-25(11-14-28)20-31(44-36(30)49)38(51)42-23-34(47)39-16-6-17-40-35(48)27-12-15-33(41-21-27)45-43-22-26-7-3-4-9-32(26)57-56-55-53/h3-4,7,9-15,21,24,29-31,52-53H,5-6,8,16-20,22-23H2,1-2H3,(H,39,47)(H,40,48)(H,42,51)(H,44,49)(H,46,50)/t29-,30+,31-/m0/s1. The Morgan fingerprint density at radius 1 is 1.02 bits per heavy atom. The van der Waals surface area contributed by atoms with Crippen molar-refractivity contribution in [2.45, 2.75) is 63.4 Å².